The first-order chi connectivity index (χ1) is 9.81. The lowest BCUT2D eigenvalue weighted by molar-refractivity contribution is 0.0677. The Morgan fingerprint density at radius 2 is 2.45 bits per heavy atom. The first-order valence-electron chi connectivity index (χ1n) is 7.53. The van der Waals surface area contributed by atoms with E-state index in [9.17, 15) is 4.39 Å². The molecule has 0 aliphatic carbocycles. The van der Waals surface area contributed by atoms with Gasteiger partial charge in [0.15, 0.2) is 0 Å². The summed E-state index contributed by atoms with van der Waals surface area (Å²) in [5.41, 5.74) is 0. The molecule has 1 unspecified atom stereocenters. The van der Waals surface area contributed by atoms with Gasteiger partial charge in [-0.15, -0.1) is 11.3 Å². The summed E-state index contributed by atoms with van der Waals surface area (Å²) in [7, 11) is 0. The summed E-state index contributed by atoms with van der Waals surface area (Å²) in [6.07, 6.45) is 2.29. The molecule has 0 saturated carbocycles. The van der Waals surface area contributed by atoms with Crippen molar-refractivity contribution in [2.75, 3.05) is 26.3 Å². The van der Waals surface area contributed by atoms with Crippen LogP contribution >= 0.6 is 11.3 Å². The lowest BCUT2D eigenvalue weighted by Crippen LogP contribution is -2.44. The van der Waals surface area contributed by atoms with E-state index in [0.29, 0.717) is 25.0 Å². The SMILES string of the molecule is F[C@H]1C[C@@H](CNC2CCCOC2)N(Cc2cccs2)C1. The van der Waals surface area contributed by atoms with Crippen LogP contribution in [0.15, 0.2) is 17.5 Å². The number of nitrogens with zero attached hydrogens (tertiary/aromatic N) is 1. The van der Waals surface area contributed by atoms with Crippen LogP contribution in [0.5, 0.6) is 0 Å². The molecule has 0 spiro atoms. The van der Waals surface area contributed by atoms with Crippen molar-refractivity contribution in [2.24, 2.45) is 0 Å². The minimum absolute atomic E-state index is 0.314. The molecule has 2 aliphatic rings. The number of hydrogen-bond donors (Lipinski definition) is 1. The molecule has 0 aromatic carbocycles. The third kappa shape index (κ3) is 3.79. The van der Waals surface area contributed by atoms with E-state index in [0.717, 1.165) is 32.7 Å². The number of thiophene rings is 1. The number of rotatable bonds is 5. The molecule has 0 radical (unpaired) electrons. The van der Waals surface area contributed by atoms with E-state index in [-0.39, 0.29) is 0 Å². The largest absolute Gasteiger partial charge is 0.380 e. The van der Waals surface area contributed by atoms with Crippen LogP contribution in [0.25, 0.3) is 0 Å². The summed E-state index contributed by atoms with van der Waals surface area (Å²) in [6, 6.07) is 4.96. The third-order valence-corrected chi connectivity index (χ3v) is 5.08. The van der Waals surface area contributed by atoms with Gasteiger partial charge in [0.05, 0.1) is 6.61 Å². The second-order valence-corrected chi connectivity index (χ2v) is 6.85. The first kappa shape index (κ1) is 14.4. The highest BCUT2D eigenvalue weighted by atomic mass is 32.1. The highest BCUT2D eigenvalue weighted by Gasteiger charge is 2.32. The summed E-state index contributed by atoms with van der Waals surface area (Å²) >= 11 is 1.75. The Hall–Kier alpha value is -0.490. The smallest absolute Gasteiger partial charge is 0.114 e. The number of nitrogens with one attached hydrogen (secondary N) is 1. The van der Waals surface area contributed by atoms with E-state index in [2.05, 4.69) is 27.7 Å². The highest BCUT2D eigenvalue weighted by molar-refractivity contribution is 7.09. The van der Waals surface area contributed by atoms with Crippen LogP contribution in [0, 0.1) is 0 Å². The number of likely N-dealkylation sites (tertiary alicyclic amines) is 1. The lowest BCUT2D eigenvalue weighted by atomic mass is 10.1. The molecular formula is C15H23FN2OS. The Labute approximate surface area is 124 Å². The van der Waals surface area contributed by atoms with Gasteiger partial charge >= 0.3 is 0 Å². The zero-order chi connectivity index (χ0) is 13.8. The fourth-order valence-electron chi connectivity index (χ4n) is 3.14. The molecule has 0 amide bonds. The van der Waals surface area contributed by atoms with Crippen LogP contribution in [-0.2, 0) is 11.3 Å². The van der Waals surface area contributed by atoms with Crippen molar-refractivity contribution >= 4 is 11.3 Å². The molecule has 2 saturated heterocycles. The van der Waals surface area contributed by atoms with Crippen molar-refractivity contribution in [1.82, 2.24) is 10.2 Å². The number of alkyl halides is 1. The van der Waals surface area contributed by atoms with Crippen LogP contribution in [0.2, 0.25) is 0 Å². The van der Waals surface area contributed by atoms with E-state index in [1.54, 1.807) is 11.3 Å². The summed E-state index contributed by atoms with van der Waals surface area (Å²) in [6.45, 7) is 4.02. The highest BCUT2D eigenvalue weighted by Crippen LogP contribution is 2.24. The molecule has 1 aromatic heterocycles. The quantitative estimate of drug-likeness (QED) is 0.903. The van der Waals surface area contributed by atoms with Crippen LogP contribution in [-0.4, -0.2) is 49.5 Å². The summed E-state index contributed by atoms with van der Waals surface area (Å²) in [5.74, 6) is 0. The standard InChI is InChI=1S/C15H23FN2OS/c16-12-7-14(8-17-13-3-1-5-19-11-13)18(9-12)10-15-4-2-6-20-15/h2,4,6,12-14,17H,1,3,5,7-11H2/t12-,13?,14-/m0/s1. The Balaban J connectivity index is 1.50. The summed E-state index contributed by atoms with van der Waals surface area (Å²) < 4.78 is 19.2. The minimum Gasteiger partial charge on any atom is -0.380 e. The Bertz CT molecular complexity index is 395. The second-order valence-electron chi connectivity index (χ2n) is 5.82. The Kier molecular flexibility index (Phi) is 5.04. The van der Waals surface area contributed by atoms with E-state index in [1.807, 2.05) is 0 Å². The van der Waals surface area contributed by atoms with E-state index >= 15 is 0 Å². The van der Waals surface area contributed by atoms with E-state index < -0.39 is 6.17 Å². The maximum atomic E-state index is 13.7. The predicted molar refractivity (Wildman–Crippen MR) is 79.9 cm³/mol. The topological polar surface area (TPSA) is 24.5 Å². The van der Waals surface area contributed by atoms with Crippen molar-refractivity contribution in [3.8, 4) is 0 Å². The molecule has 3 heterocycles. The average Bonchev–Trinajstić information content (AvgIpc) is 3.08. The normalized spacial score (nSPS) is 31.8. The first-order valence-corrected chi connectivity index (χ1v) is 8.41. The number of hydrogen-bond acceptors (Lipinski definition) is 4. The van der Waals surface area contributed by atoms with Crippen molar-refractivity contribution < 1.29 is 9.13 Å². The van der Waals surface area contributed by atoms with Crippen LogP contribution < -0.4 is 5.32 Å². The van der Waals surface area contributed by atoms with E-state index in [1.165, 1.54) is 11.3 Å². The maximum Gasteiger partial charge on any atom is 0.114 e. The fourth-order valence-corrected chi connectivity index (χ4v) is 3.86. The molecule has 1 N–H and O–H groups in total. The van der Waals surface area contributed by atoms with Crippen molar-refractivity contribution in [1.29, 1.82) is 0 Å². The Morgan fingerprint density at radius 3 is 3.20 bits per heavy atom. The molecule has 5 heteroatoms. The van der Waals surface area contributed by atoms with Gasteiger partial charge in [-0.1, -0.05) is 6.07 Å². The zero-order valence-electron chi connectivity index (χ0n) is 11.8. The number of halogens is 1. The lowest BCUT2D eigenvalue weighted by Gasteiger charge is -2.28. The van der Waals surface area contributed by atoms with Crippen LogP contribution in [0.1, 0.15) is 24.1 Å². The third-order valence-electron chi connectivity index (χ3n) is 4.22. The zero-order valence-corrected chi connectivity index (χ0v) is 12.6. The second kappa shape index (κ2) is 6.98. The predicted octanol–water partition coefficient (Wildman–Crippen LogP) is 2.43. The van der Waals surface area contributed by atoms with Gasteiger partial charge < -0.3 is 10.1 Å². The molecule has 112 valence electrons. The fraction of sp³-hybridized carbons (Fsp3) is 0.733. The van der Waals surface area contributed by atoms with Crippen molar-refractivity contribution in [2.45, 2.75) is 44.1 Å². The Morgan fingerprint density at radius 1 is 1.50 bits per heavy atom. The van der Waals surface area contributed by atoms with Gasteiger partial charge in [0.2, 0.25) is 0 Å². The molecule has 20 heavy (non-hydrogen) atoms. The molecule has 2 aliphatic heterocycles. The van der Waals surface area contributed by atoms with Crippen LogP contribution in [0.4, 0.5) is 4.39 Å². The van der Waals surface area contributed by atoms with Gasteiger partial charge in [0, 0.05) is 43.2 Å². The monoisotopic (exact) mass is 298 g/mol. The number of ether oxygens (including phenoxy) is 1. The van der Waals surface area contributed by atoms with Crippen LogP contribution in [0.3, 0.4) is 0 Å². The van der Waals surface area contributed by atoms with Crippen molar-refractivity contribution in [3.05, 3.63) is 22.4 Å². The van der Waals surface area contributed by atoms with Gasteiger partial charge in [-0.2, -0.15) is 0 Å². The maximum absolute atomic E-state index is 13.7. The summed E-state index contributed by atoms with van der Waals surface area (Å²) in [4.78, 5) is 3.61. The van der Waals surface area contributed by atoms with Gasteiger partial charge in [0.25, 0.3) is 0 Å². The molecule has 3 atom stereocenters. The molecule has 1 aromatic rings. The molecule has 0 bridgehead atoms. The molecule has 3 rings (SSSR count). The van der Waals surface area contributed by atoms with Gasteiger partial charge in [-0.25, -0.2) is 4.39 Å². The summed E-state index contributed by atoms with van der Waals surface area (Å²) in [5, 5.41) is 5.65. The molecule has 3 nitrogen and oxygen atoms in total. The van der Waals surface area contributed by atoms with Crippen molar-refractivity contribution in [3.63, 3.8) is 0 Å². The van der Waals surface area contributed by atoms with Gasteiger partial charge in [0.1, 0.15) is 6.17 Å². The van der Waals surface area contributed by atoms with Gasteiger partial charge in [-0.05, 0) is 30.7 Å². The molecular weight excluding hydrogens is 275 g/mol. The van der Waals surface area contributed by atoms with E-state index in [4.69, 9.17) is 4.74 Å². The average molecular weight is 298 g/mol. The van der Waals surface area contributed by atoms with Gasteiger partial charge in [-0.3, -0.25) is 4.90 Å². The molecule has 2 fully saturated rings. The minimum atomic E-state index is -0.677.